The third-order valence-electron chi connectivity index (χ3n) is 6.34. The lowest BCUT2D eigenvalue weighted by atomic mass is 9.71. The van der Waals surface area contributed by atoms with Crippen LogP contribution in [0.5, 0.6) is 0 Å². The monoisotopic (exact) mass is 409 g/mol. The van der Waals surface area contributed by atoms with E-state index >= 15 is 0 Å². The molecule has 1 heterocycles. The number of guanidine groups is 1. The molecule has 2 fully saturated rings. The van der Waals surface area contributed by atoms with Crippen LogP contribution in [0, 0.1) is 11.3 Å². The van der Waals surface area contributed by atoms with Gasteiger partial charge in [-0.1, -0.05) is 33.1 Å². The average Bonchev–Trinajstić information content (AvgIpc) is 2.73. The fourth-order valence-electron chi connectivity index (χ4n) is 4.14. The predicted molar refractivity (Wildman–Crippen MR) is 119 cm³/mol. The van der Waals surface area contributed by atoms with Gasteiger partial charge in [-0.3, -0.25) is 9.69 Å². The summed E-state index contributed by atoms with van der Waals surface area (Å²) in [6.07, 6.45) is 7.79. The van der Waals surface area contributed by atoms with E-state index in [1.165, 1.54) is 32.1 Å². The summed E-state index contributed by atoms with van der Waals surface area (Å²) < 4.78 is 5.41. The van der Waals surface area contributed by atoms with Gasteiger partial charge in [0.15, 0.2) is 5.96 Å². The summed E-state index contributed by atoms with van der Waals surface area (Å²) in [5, 5.41) is 6.96. The zero-order chi connectivity index (χ0) is 21.1. The summed E-state index contributed by atoms with van der Waals surface area (Å²) >= 11 is 0. The maximum Gasteiger partial charge on any atom is 0.243 e. The summed E-state index contributed by atoms with van der Waals surface area (Å²) in [6, 6.07) is 0. The number of aliphatic imine (C=N–C) groups is 1. The van der Waals surface area contributed by atoms with Crippen LogP contribution in [0.25, 0.3) is 0 Å². The molecule has 0 aromatic carbocycles. The van der Waals surface area contributed by atoms with Gasteiger partial charge in [-0.25, -0.2) is 4.99 Å². The minimum Gasteiger partial charge on any atom is -0.379 e. The van der Waals surface area contributed by atoms with Crippen LogP contribution in [-0.2, 0) is 9.53 Å². The Balaban J connectivity index is 1.82. The van der Waals surface area contributed by atoms with Crippen molar-refractivity contribution < 1.29 is 9.53 Å². The number of hydrogen-bond donors (Lipinski definition) is 2. The number of amides is 1. The number of likely N-dealkylation sites (N-methyl/N-ethyl adjacent to an activating group) is 1. The molecular formula is C22H43N5O2. The molecule has 0 aromatic rings. The van der Waals surface area contributed by atoms with Gasteiger partial charge in [0.1, 0.15) is 6.54 Å². The van der Waals surface area contributed by atoms with Crippen molar-refractivity contribution in [2.24, 2.45) is 16.3 Å². The number of nitrogens with one attached hydrogen (secondary N) is 2. The highest BCUT2D eigenvalue weighted by molar-refractivity contribution is 5.84. The molecule has 0 atom stereocenters. The molecule has 7 heteroatoms. The second kappa shape index (κ2) is 12.4. The Morgan fingerprint density at radius 1 is 1.14 bits per heavy atom. The van der Waals surface area contributed by atoms with Gasteiger partial charge in [-0.15, -0.1) is 0 Å². The smallest absolute Gasteiger partial charge is 0.243 e. The summed E-state index contributed by atoms with van der Waals surface area (Å²) in [5.74, 6) is 1.53. The minimum atomic E-state index is 0.0194. The average molecular weight is 410 g/mol. The van der Waals surface area contributed by atoms with E-state index in [2.05, 4.69) is 34.4 Å². The Bertz CT molecular complexity index is 509. The molecule has 0 unspecified atom stereocenters. The largest absolute Gasteiger partial charge is 0.379 e. The van der Waals surface area contributed by atoms with Gasteiger partial charge in [0.05, 0.1) is 13.2 Å². The van der Waals surface area contributed by atoms with Crippen molar-refractivity contribution in [3.8, 4) is 0 Å². The van der Waals surface area contributed by atoms with E-state index in [0.717, 1.165) is 64.2 Å². The minimum absolute atomic E-state index is 0.0194. The molecule has 1 aliphatic heterocycles. The van der Waals surface area contributed by atoms with Crippen molar-refractivity contribution in [3.05, 3.63) is 0 Å². The van der Waals surface area contributed by atoms with Crippen molar-refractivity contribution in [1.29, 1.82) is 0 Å². The van der Waals surface area contributed by atoms with Gasteiger partial charge < -0.3 is 20.3 Å². The molecule has 1 saturated heterocycles. The SMILES string of the molecule is CN(C)C(=O)CN=C(NCCCN1CCOCC1)NCC(C)(C)C1CCCCC1. The lowest BCUT2D eigenvalue weighted by Crippen LogP contribution is -2.46. The Kier molecular flexibility index (Phi) is 10.2. The van der Waals surface area contributed by atoms with E-state index in [1.54, 1.807) is 19.0 Å². The van der Waals surface area contributed by atoms with Crippen LogP contribution in [0.3, 0.4) is 0 Å². The van der Waals surface area contributed by atoms with Crippen LogP contribution in [0.2, 0.25) is 0 Å². The number of carbonyl (C=O) groups is 1. The molecule has 29 heavy (non-hydrogen) atoms. The molecule has 168 valence electrons. The highest BCUT2D eigenvalue weighted by Crippen LogP contribution is 2.37. The molecule has 7 nitrogen and oxygen atoms in total. The fraction of sp³-hybridized carbons (Fsp3) is 0.909. The Labute approximate surface area is 177 Å². The van der Waals surface area contributed by atoms with Crippen LogP contribution in [0.1, 0.15) is 52.4 Å². The number of nitrogens with zero attached hydrogens (tertiary/aromatic N) is 3. The molecule has 2 N–H and O–H groups in total. The maximum absolute atomic E-state index is 12.0. The lowest BCUT2D eigenvalue weighted by molar-refractivity contribution is -0.127. The number of ether oxygens (including phenoxy) is 1. The molecule has 2 aliphatic rings. The van der Waals surface area contributed by atoms with Crippen molar-refractivity contribution in [2.45, 2.75) is 52.4 Å². The number of carbonyl (C=O) groups excluding carboxylic acids is 1. The molecule has 1 aliphatic carbocycles. The van der Waals surface area contributed by atoms with E-state index in [0.29, 0.717) is 0 Å². The Hall–Kier alpha value is -1.34. The van der Waals surface area contributed by atoms with E-state index in [4.69, 9.17) is 4.74 Å². The van der Waals surface area contributed by atoms with Crippen LogP contribution in [0.15, 0.2) is 4.99 Å². The molecule has 1 amide bonds. The molecule has 0 bridgehead atoms. The van der Waals surface area contributed by atoms with Crippen LogP contribution in [-0.4, -0.2) is 88.2 Å². The number of rotatable bonds is 9. The summed E-state index contributed by atoms with van der Waals surface area (Å²) in [7, 11) is 3.54. The molecule has 2 rings (SSSR count). The predicted octanol–water partition coefficient (Wildman–Crippen LogP) is 1.94. The van der Waals surface area contributed by atoms with E-state index in [-0.39, 0.29) is 17.9 Å². The maximum atomic E-state index is 12.0. The van der Waals surface area contributed by atoms with Gasteiger partial charge in [0, 0.05) is 40.3 Å². The van der Waals surface area contributed by atoms with Gasteiger partial charge >= 0.3 is 0 Å². The standard InChI is InChI=1S/C22H43N5O2/c1-22(2,19-9-6-5-7-10-19)18-25-21(24-17-20(28)26(3)4)23-11-8-12-27-13-15-29-16-14-27/h19H,5-18H2,1-4H3,(H2,23,24,25). The summed E-state index contributed by atoms with van der Waals surface area (Å²) in [5.41, 5.74) is 0.224. The van der Waals surface area contributed by atoms with Gasteiger partial charge in [0.25, 0.3) is 0 Å². The topological polar surface area (TPSA) is 69.2 Å². The van der Waals surface area contributed by atoms with Crippen molar-refractivity contribution in [1.82, 2.24) is 20.4 Å². The fourth-order valence-corrected chi connectivity index (χ4v) is 4.14. The highest BCUT2D eigenvalue weighted by atomic mass is 16.5. The van der Waals surface area contributed by atoms with E-state index in [9.17, 15) is 4.79 Å². The normalized spacial score (nSPS) is 19.8. The first-order valence-corrected chi connectivity index (χ1v) is 11.4. The Morgan fingerprint density at radius 2 is 1.83 bits per heavy atom. The van der Waals surface area contributed by atoms with Crippen molar-refractivity contribution in [2.75, 3.05) is 66.6 Å². The third-order valence-corrected chi connectivity index (χ3v) is 6.34. The molecular weight excluding hydrogens is 366 g/mol. The first-order valence-electron chi connectivity index (χ1n) is 11.4. The van der Waals surface area contributed by atoms with E-state index < -0.39 is 0 Å². The first-order chi connectivity index (χ1) is 13.9. The van der Waals surface area contributed by atoms with Gasteiger partial charge in [-0.05, 0) is 37.1 Å². The molecule has 0 radical (unpaired) electrons. The van der Waals surface area contributed by atoms with Crippen molar-refractivity contribution in [3.63, 3.8) is 0 Å². The zero-order valence-corrected chi connectivity index (χ0v) is 19.1. The Morgan fingerprint density at radius 3 is 2.48 bits per heavy atom. The van der Waals surface area contributed by atoms with Gasteiger partial charge in [-0.2, -0.15) is 0 Å². The summed E-state index contributed by atoms with van der Waals surface area (Å²) in [4.78, 5) is 20.6. The number of hydrogen-bond acceptors (Lipinski definition) is 4. The van der Waals surface area contributed by atoms with Crippen molar-refractivity contribution >= 4 is 11.9 Å². The highest BCUT2D eigenvalue weighted by Gasteiger charge is 2.30. The van der Waals surface area contributed by atoms with E-state index in [1.807, 2.05) is 0 Å². The van der Waals surface area contributed by atoms with Crippen LogP contribution >= 0.6 is 0 Å². The summed E-state index contributed by atoms with van der Waals surface area (Å²) in [6.45, 7) is 11.4. The van der Waals surface area contributed by atoms with Crippen LogP contribution in [0.4, 0.5) is 0 Å². The number of morpholine rings is 1. The van der Waals surface area contributed by atoms with Gasteiger partial charge in [0.2, 0.25) is 5.91 Å². The quantitative estimate of drug-likeness (QED) is 0.346. The first kappa shape index (κ1) is 23.9. The molecule has 1 saturated carbocycles. The third kappa shape index (κ3) is 8.91. The van der Waals surface area contributed by atoms with Crippen LogP contribution < -0.4 is 10.6 Å². The lowest BCUT2D eigenvalue weighted by Gasteiger charge is -2.37. The second-order valence-corrected chi connectivity index (χ2v) is 9.36. The second-order valence-electron chi connectivity index (χ2n) is 9.36. The zero-order valence-electron chi connectivity index (χ0n) is 19.1. The molecule has 0 spiro atoms. The molecule has 0 aromatic heterocycles.